The maximum Gasteiger partial charge on any atom is 0.314 e. The van der Waals surface area contributed by atoms with Crippen molar-refractivity contribution in [2.45, 2.75) is 39.0 Å². The van der Waals surface area contributed by atoms with Crippen LogP contribution in [0.1, 0.15) is 37.2 Å². The van der Waals surface area contributed by atoms with Crippen molar-refractivity contribution >= 4 is 17.4 Å². The second-order valence-corrected chi connectivity index (χ2v) is 7.32. The van der Waals surface area contributed by atoms with Gasteiger partial charge in [0, 0.05) is 48.6 Å². The van der Waals surface area contributed by atoms with Crippen LogP contribution in [0.4, 0.5) is 4.79 Å². The molecule has 0 saturated carbocycles. The average molecular weight is 332 g/mol. The normalized spacial score (nSPS) is 11.3. The molecule has 0 bridgehead atoms. The molecule has 0 aliphatic rings. The van der Waals surface area contributed by atoms with Crippen molar-refractivity contribution in [1.82, 2.24) is 20.6 Å². The van der Waals surface area contributed by atoms with Gasteiger partial charge in [0.05, 0.1) is 10.7 Å². The molecule has 0 aromatic carbocycles. The van der Waals surface area contributed by atoms with Gasteiger partial charge < -0.3 is 10.6 Å². The fourth-order valence-electron chi connectivity index (χ4n) is 1.97. The van der Waals surface area contributed by atoms with E-state index in [9.17, 15) is 4.79 Å². The molecule has 0 radical (unpaired) electrons. The third-order valence-electron chi connectivity index (χ3n) is 3.34. The Hall–Kier alpha value is -1.95. The van der Waals surface area contributed by atoms with Gasteiger partial charge in [-0.3, -0.25) is 4.98 Å². The summed E-state index contributed by atoms with van der Waals surface area (Å²) in [6.45, 7) is 7.62. The van der Waals surface area contributed by atoms with E-state index in [1.165, 1.54) is 0 Å². The number of amides is 2. The van der Waals surface area contributed by atoms with Crippen LogP contribution < -0.4 is 10.6 Å². The zero-order chi connectivity index (χ0) is 16.7. The second-order valence-electron chi connectivity index (χ2n) is 6.38. The molecule has 2 rings (SSSR count). The highest BCUT2D eigenvalue weighted by molar-refractivity contribution is 7.09. The Balaban J connectivity index is 1.64. The number of thiazole rings is 1. The maximum absolute atomic E-state index is 11.7. The zero-order valence-corrected chi connectivity index (χ0v) is 14.7. The van der Waals surface area contributed by atoms with Crippen molar-refractivity contribution in [3.8, 4) is 0 Å². The Morgan fingerprint density at radius 2 is 1.91 bits per heavy atom. The quantitative estimate of drug-likeness (QED) is 0.855. The van der Waals surface area contributed by atoms with Crippen LogP contribution in [0.25, 0.3) is 0 Å². The van der Waals surface area contributed by atoms with Crippen molar-refractivity contribution in [2.75, 3.05) is 13.1 Å². The van der Waals surface area contributed by atoms with Crippen LogP contribution in [0.5, 0.6) is 0 Å². The smallest absolute Gasteiger partial charge is 0.314 e. The van der Waals surface area contributed by atoms with Gasteiger partial charge in [0.15, 0.2) is 0 Å². The summed E-state index contributed by atoms with van der Waals surface area (Å²) in [5, 5.41) is 8.86. The van der Waals surface area contributed by atoms with Gasteiger partial charge in [0.25, 0.3) is 0 Å². The number of nitrogens with one attached hydrogen (secondary N) is 2. The molecule has 23 heavy (non-hydrogen) atoms. The highest BCUT2D eigenvalue weighted by Gasteiger charge is 2.17. The molecular formula is C17H24N4OS. The minimum absolute atomic E-state index is 0.0744. The lowest BCUT2D eigenvalue weighted by Gasteiger charge is -2.14. The summed E-state index contributed by atoms with van der Waals surface area (Å²) < 4.78 is 0. The van der Waals surface area contributed by atoms with E-state index in [0.29, 0.717) is 13.1 Å². The Kier molecular flexibility index (Phi) is 6.10. The summed E-state index contributed by atoms with van der Waals surface area (Å²) in [7, 11) is 0. The van der Waals surface area contributed by atoms with Gasteiger partial charge in [-0.15, -0.1) is 11.3 Å². The van der Waals surface area contributed by atoms with Crippen LogP contribution in [-0.2, 0) is 18.3 Å². The molecule has 0 atom stereocenters. The van der Waals surface area contributed by atoms with Crippen molar-refractivity contribution < 1.29 is 4.79 Å². The van der Waals surface area contributed by atoms with Gasteiger partial charge in [-0.2, -0.15) is 0 Å². The number of aromatic nitrogens is 2. The summed E-state index contributed by atoms with van der Waals surface area (Å²) in [4.78, 5) is 20.6. The summed E-state index contributed by atoms with van der Waals surface area (Å²) in [6, 6.07) is 5.64. The van der Waals surface area contributed by atoms with E-state index in [2.05, 4.69) is 46.8 Å². The molecule has 5 nitrogen and oxygen atoms in total. The van der Waals surface area contributed by atoms with E-state index >= 15 is 0 Å². The molecule has 2 aromatic rings. The molecule has 6 heteroatoms. The molecule has 0 fully saturated rings. The summed E-state index contributed by atoms with van der Waals surface area (Å²) in [5.74, 6) is 0. The largest absolute Gasteiger partial charge is 0.338 e. The van der Waals surface area contributed by atoms with Gasteiger partial charge in [0.2, 0.25) is 0 Å². The lowest BCUT2D eigenvalue weighted by molar-refractivity contribution is 0.241. The molecule has 2 N–H and O–H groups in total. The molecular weight excluding hydrogens is 308 g/mol. The Morgan fingerprint density at radius 1 is 1.17 bits per heavy atom. The number of nitrogens with zero attached hydrogens (tertiary/aromatic N) is 2. The fraction of sp³-hybridized carbons (Fsp3) is 0.471. The number of hydrogen-bond donors (Lipinski definition) is 2. The average Bonchev–Trinajstić information content (AvgIpc) is 2.97. The number of urea groups is 1. The van der Waals surface area contributed by atoms with Crippen LogP contribution in [-0.4, -0.2) is 29.1 Å². The van der Waals surface area contributed by atoms with E-state index in [4.69, 9.17) is 0 Å². The monoisotopic (exact) mass is 332 g/mol. The van der Waals surface area contributed by atoms with Crippen LogP contribution in [0.15, 0.2) is 29.8 Å². The van der Waals surface area contributed by atoms with E-state index < -0.39 is 0 Å². The zero-order valence-electron chi connectivity index (χ0n) is 13.9. The van der Waals surface area contributed by atoms with E-state index in [1.807, 2.05) is 18.2 Å². The maximum atomic E-state index is 11.7. The van der Waals surface area contributed by atoms with E-state index in [0.717, 1.165) is 29.2 Å². The summed E-state index contributed by atoms with van der Waals surface area (Å²) in [5.41, 5.74) is 2.16. The first-order valence-electron chi connectivity index (χ1n) is 7.81. The molecule has 0 aliphatic carbocycles. The standard InChI is InChI=1S/C17H24N4OS/c1-17(2,3)14-12-23-15(21-14)8-11-20-16(22)19-10-7-13-6-4-5-9-18-13/h4-6,9,12H,7-8,10-11H2,1-3H3,(H2,19,20,22). The lowest BCUT2D eigenvalue weighted by atomic mass is 9.93. The van der Waals surface area contributed by atoms with Gasteiger partial charge in [-0.05, 0) is 12.1 Å². The number of rotatable bonds is 6. The molecule has 2 heterocycles. The van der Waals surface area contributed by atoms with Crippen LogP contribution in [0.2, 0.25) is 0 Å². The Morgan fingerprint density at radius 3 is 2.52 bits per heavy atom. The molecule has 124 valence electrons. The molecule has 2 amide bonds. The highest BCUT2D eigenvalue weighted by atomic mass is 32.1. The highest BCUT2D eigenvalue weighted by Crippen LogP contribution is 2.23. The Bertz CT molecular complexity index is 619. The third kappa shape index (κ3) is 5.98. The first-order chi connectivity index (χ1) is 10.9. The minimum Gasteiger partial charge on any atom is -0.338 e. The first kappa shape index (κ1) is 17.4. The molecule has 2 aromatic heterocycles. The van der Waals surface area contributed by atoms with E-state index in [-0.39, 0.29) is 11.4 Å². The predicted molar refractivity (Wildman–Crippen MR) is 93.9 cm³/mol. The summed E-state index contributed by atoms with van der Waals surface area (Å²) >= 11 is 1.65. The van der Waals surface area contributed by atoms with Crippen molar-refractivity contribution in [1.29, 1.82) is 0 Å². The number of hydrogen-bond acceptors (Lipinski definition) is 4. The van der Waals surface area contributed by atoms with Gasteiger partial charge in [-0.1, -0.05) is 26.8 Å². The van der Waals surface area contributed by atoms with Crippen LogP contribution >= 0.6 is 11.3 Å². The van der Waals surface area contributed by atoms with E-state index in [1.54, 1.807) is 17.5 Å². The first-order valence-corrected chi connectivity index (χ1v) is 8.69. The van der Waals surface area contributed by atoms with Gasteiger partial charge in [0.1, 0.15) is 0 Å². The molecule has 0 spiro atoms. The fourth-order valence-corrected chi connectivity index (χ4v) is 2.99. The summed E-state index contributed by atoms with van der Waals surface area (Å²) in [6.07, 6.45) is 3.25. The Labute approximate surface area is 141 Å². The van der Waals surface area contributed by atoms with Crippen molar-refractivity contribution in [3.05, 3.63) is 46.2 Å². The van der Waals surface area contributed by atoms with Gasteiger partial charge in [-0.25, -0.2) is 9.78 Å². The lowest BCUT2D eigenvalue weighted by Crippen LogP contribution is -2.37. The van der Waals surface area contributed by atoms with Crippen LogP contribution in [0, 0.1) is 0 Å². The van der Waals surface area contributed by atoms with Gasteiger partial charge >= 0.3 is 6.03 Å². The van der Waals surface area contributed by atoms with Crippen LogP contribution in [0.3, 0.4) is 0 Å². The SMILES string of the molecule is CC(C)(C)c1csc(CCNC(=O)NCCc2ccccn2)n1. The number of pyridine rings is 1. The molecule has 0 saturated heterocycles. The van der Waals surface area contributed by atoms with Crippen molar-refractivity contribution in [3.63, 3.8) is 0 Å². The predicted octanol–water partition coefficient (Wildman–Crippen LogP) is 2.92. The number of carbonyl (C=O) groups excluding carboxylic acids is 1. The van der Waals surface area contributed by atoms with Crippen molar-refractivity contribution in [2.24, 2.45) is 0 Å². The topological polar surface area (TPSA) is 66.9 Å². The minimum atomic E-state index is -0.145. The second kappa shape index (κ2) is 8.06. The molecule has 0 unspecified atom stereocenters. The molecule has 0 aliphatic heterocycles. The third-order valence-corrected chi connectivity index (χ3v) is 4.25. The number of carbonyl (C=O) groups is 1.